The van der Waals surface area contributed by atoms with Crippen LogP contribution in [0.3, 0.4) is 0 Å². The summed E-state index contributed by atoms with van der Waals surface area (Å²) < 4.78 is 25.4. The number of hydrogen-bond donors (Lipinski definition) is 1. The molecule has 1 aromatic carbocycles. The third kappa shape index (κ3) is 3.14. The lowest BCUT2D eigenvalue weighted by molar-refractivity contribution is -0.112. The van der Waals surface area contributed by atoms with Crippen LogP contribution in [-0.2, 0) is 14.6 Å². The maximum absolute atomic E-state index is 12.7. The van der Waals surface area contributed by atoms with Crippen LogP contribution in [0.15, 0.2) is 57.8 Å². The van der Waals surface area contributed by atoms with Crippen LogP contribution in [0, 0.1) is 0 Å². The van der Waals surface area contributed by atoms with E-state index in [1.54, 1.807) is 24.0 Å². The average molecular weight is 423 g/mol. The Morgan fingerprint density at radius 1 is 1.22 bits per heavy atom. The number of amides is 1. The summed E-state index contributed by atoms with van der Waals surface area (Å²) in [5.74, 6) is -0.376. The molecule has 10 heteroatoms. The fraction of sp³-hybridized carbons (Fsp3) is 0.118. The molecule has 7 nitrogen and oxygen atoms in total. The Kier molecular flexibility index (Phi) is 4.31. The molecule has 1 N–H and O–H groups in total. The molecular formula is C17H12Cl2N4O3S+. The predicted octanol–water partition coefficient (Wildman–Crippen LogP) is 3.23. The van der Waals surface area contributed by atoms with Crippen molar-refractivity contribution in [2.45, 2.75) is 11.8 Å². The smallest absolute Gasteiger partial charge is 0.280 e. The van der Waals surface area contributed by atoms with Crippen LogP contribution < -0.4 is 10.2 Å². The van der Waals surface area contributed by atoms with Gasteiger partial charge in [-0.2, -0.15) is 4.99 Å². The van der Waals surface area contributed by atoms with Crippen molar-refractivity contribution in [1.82, 2.24) is 9.88 Å². The number of nitrogens with one attached hydrogen (secondary N) is 1. The van der Waals surface area contributed by atoms with Crippen molar-refractivity contribution < 1.29 is 13.2 Å². The van der Waals surface area contributed by atoms with Gasteiger partial charge < -0.3 is 5.32 Å². The fourth-order valence-corrected chi connectivity index (χ4v) is 4.93. The van der Waals surface area contributed by atoms with E-state index >= 15 is 0 Å². The van der Waals surface area contributed by atoms with Gasteiger partial charge in [-0.1, -0.05) is 23.2 Å². The lowest BCUT2D eigenvalue weighted by Gasteiger charge is -2.18. The maximum atomic E-state index is 12.7. The van der Waals surface area contributed by atoms with Gasteiger partial charge in [0.1, 0.15) is 15.8 Å². The summed E-state index contributed by atoms with van der Waals surface area (Å²) in [6.07, 6.45) is 1.45. The Bertz CT molecular complexity index is 1160. The van der Waals surface area contributed by atoms with Crippen LogP contribution in [0.1, 0.15) is 6.92 Å². The Hall–Kier alpha value is -2.26. The standard InChI is InChI=1S/C17H12Cl2N4O3S/c1-9-21-16(17(24)22-11-4-5-20-15(19)7-11)13-8-27(25,26)14-3-2-10(18)6-12(14)23(9)13/h2-7H,8H2,1H3,(H,20,22,24)/q+1. The van der Waals surface area contributed by atoms with Crippen molar-refractivity contribution in [3.05, 3.63) is 58.1 Å². The zero-order chi connectivity index (χ0) is 19.3. The van der Waals surface area contributed by atoms with E-state index in [2.05, 4.69) is 15.3 Å². The highest BCUT2D eigenvalue weighted by Crippen LogP contribution is 2.40. The van der Waals surface area contributed by atoms with Crippen LogP contribution >= 0.6 is 23.2 Å². The molecule has 0 spiro atoms. The van der Waals surface area contributed by atoms with E-state index in [-0.39, 0.29) is 21.5 Å². The highest BCUT2D eigenvalue weighted by molar-refractivity contribution is 7.91. The first kappa shape index (κ1) is 18.1. The molecule has 3 heterocycles. The van der Waals surface area contributed by atoms with E-state index in [4.69, 9.17) is 23.2 Å². The Balaban J connectivity index is 1.79. The van der Waals surface area contributed by atoms with Crippen molar-refractivity contribution in [3.8, 4) is 0 Å². The minimum Gasteiger partial charge on any atom is -0.320 e. The van der Waals surface area contributed by atoms with Crippen LogP contribution in [0.4, 0.5) is 11.4 Å². The molecule has 0 fully saturated rings. The molecule has 0 unspecified atom stereocenters. The minimum atomic E-state index is -3.63. The molecule has 2 aliphatic rings. The van der Waals surface area contributed by atoms with Gasteiger partial charge in [0.25, 0.3) is 11.7 Å². The number of amidine groups is 1. The van der Waals surface area contributed by atoms with Crippen molar-refractivity contribution in [1.29, 1.82) is 0 Å². The van der Waals surface area contributed by atoms with Crippen LogP contribution in [0.25, 0.3) is 0 Å². The van der Waals surface area contributed by atoms with E-state index in [9.17, 15) is 13.2 Å². The summed E-state index contributed by atoms with van der Waals surface area (Å²) in [6.45, 7) is 1.70. The molecule has 1 amide bonds. The van der Waals surface area contributed by atoms with Gasteiger partial charge in [-0.25, -0.2) is 13.4 Å². The third-order valence-corrected chi connectivity index (χ3v) is 6.27. The second-order valence-electron chi connectivity index (χ2n) is 5.98. The first-order valence-corrected chi connectivity index (χ1v) is 10.2. The van der Waals surface area contributed by atoms with E-state index in [1.165, 1.54) is 24.4 Å². The number of benzene rings is 1. The zero-order valence-electron chi connectivity index (χ0n) is 13.9. The number of halogens is 2. The molecule has 4 rings (SSSR count). The number of aromatic nitrogens is 1. The normalized spacial score (nSPS) is 18.0. The molecule has 1 aromatic heterocycles. The summed E-state index contributed by atoms with van der Waals surface area (Å²) in [7, 11) is -3.63. The number of sulfone groups is 1. The SMILES string of the molecule is CC1=NC(C(=O)Nc2ccnc(Cl)c2)=C2CS(=O)(=O)c3ccc(Cl)cc3[N+]12. The molecule has 2 aliphatic heterocycles. The Morgan fingerprint density at radius 3 is 2.74 bits per heavy atom. The average Bonchev–Trinajstić information content (AvgIpc) is 2.90. The fourth-order valence-electron chi connectivity index (χ4n) is 3.07. The molecule has 137 valence electrons. The number of nitrogens with zero attached hydrogens (tertiary/aromatic N) is 3. The van der Waals surface area contributed by atoms with E-state index in [0.717, 1.165) is 0 Å². The van der Waals surface area contributed by atoms with E-state index < -0.39 is 15.7 Å². The van der Waals surface area contributed by atoms with E-state index in [1.807, 2.05) is 0 Å². The van der Waals surface area contributed by atoms with E-state index in [0.29, 0.717) is 27.9 Å². The first-order chi connectivity index (χ1) is 12.8. The van der Waals surface area contributed by atoms with Crippen LogP contribution in [0.5, 0.6) is 0 Å². The van der Waals surface area contributed by atoms with Gasteiger partial charge >= 0.3 is 0 Å². The summed E-state index contributed by atoms with van der Waals surface area (Å²) in [6, 6.07) is 7.60. The van der Waals surface area contributed by atoms with Crippen LogP contribution in [-0.4, -0.2) is 30.9 Å². The highest BCUT2D eigenvalue weighted by atomic mass is 35.5. The summed E-state index contributed by atoms with van der Waals surface area (Å²) >= 11 is 11.9. The number of anilines is 2. The molecule has 0 saturated carbocycles. The molecule has 27 heavy (non-hydrogen) atoms. The molecule has 2 aromatic rings. The van der Waals surface area contributed by atoms with Crippen molar-refractivity contribution >= 4 is 56.2 Å². The van der Waals surface area contributed by atoms with Crippen LogP contribution in [0.2, 0.25) is 10.2 Å². The molecule has 0 bridgehead atoms. The van der Waals surface area contributed by atoms with Crippen molar-refractivity contribution in [2.75, 3.05) is 11.1 Å². The summed E-state index contributed by atoms with van der Waals surface area (Å²) in [5.41, 5.74) is 1.15. The lowest BCUT2D eigenvalue weighted by atomic mass is 10.2. The van der Waals surface area contributed by atoms with Gasteiger partial charge in [0, 0.05) is 29.9 Å². The molecule has 0 atom stereocenters. The van der Waals surface area contributed by atoms with Gasteiger partial charge in [0.2, 0.25) is 11.4 Å². The molecule has 0 saturated heterocycles. The van der Waals surface area contributed by atoms with Crippen molar-refractivity contribution in [3.63, 3.8) is 0 Å². The van der Waals surface area contributed by atoms with Gasteiger partial charge in [0.05, 0.1) is 0 Å². The monoisotopic (exact) mass is 422 g/mol. The third-order valence-electron chi connectivity index (χ3n) is 4.16. The first-order valence-electron chi connectivity index (χ1n) is 7.80. The Labute approximate surface area is 165 Å². The number of carbonyl (C=O) groups is 1. The number of pyridine rings is 1. The zero-order valence-corrected chi connectivity index (χ0v) is 16.2. The number of rotatable bonds is 2. The van der Waals surface area contributed by atoms with Gasteiger partial charge in [0.15, 0.2) is 15.5 Å². The quantitative estimate of drug-likeness (QED) is 0.593. The number of carbonyl (C=O) groups excluding carboxylic acids is 1. The van der Waals surface area contributed by atoms with Crippen molar-refractivity contribution in [2.24, 2.45) is 4.99 Å². The topological polar surface area (TPSA) is 94.4 Å². The van der Waals surface area contributed by atoms with Gasteiger partial charge in [-0.3, -0.25) is 4.79 Å². The highest BCUT2D eigenvalue weighted by Gasteiger charge is 2.49. The largest absolute Gasteiger partial charge is 0.320 e. The number of hydrogen-bond acceptors (Lipinski definition) is 6. The predicted molar refractivity (Wildman–Crippen MR) is 103 cm³/mol. The Morgan fingerprint density at radius 2 is 2.00 bits per heavy atom. The number of aliphatic imine (C=N–C) groups is 1. The number of fused-ring (bicyclic) bond motifs is 3. The second-order valence-corrected chi connectivity index (χ2v) is 8.76. The molecular weight excluding hydrogens is 411 g/mol. The van der Waals surface area contributed by atoms with Gasteiger partial charge in [-0.15, -0.1) is 0 Å². The summed E-state index contributed by atoms with van der Waals surface area (Å²) in [5, 5.41) is 3.28. The minimum absolute atomic E-state index is 0.0367. The maximum Gasteiger partial charge on any atom is 0.280 e. The second kappa shape index (κ2) is 6.42. The molecule has 0 aliphatic carbocycles. The lowest BCUT2D eigenvalue weighted by Crippen LogP contribution is -2.36. The molecule has 1 radical (unpaired) electrons. The van der Waals surface area contributed by atoms with Gasteiger partial charge in [-0.05, 0) is 29.2 Å². The summed E-state index contributed by atoms with van der Waals surface area (Å²) in [4.78, 5) is 22.7.